The van der Waals surface area contributed by atoms with Crippen LogP contribution in [0.3, 0.4) is 0 Å². The summed E-state index contributed by atoms with van der Waals surface area (Å²) in [5, 5.41) is 22.6. The van der Waals surface area contributed by atoms with E-state index in [1.807, 2.05) is 41.1 Å². The Hall–Kier alpha value is -3.23. The van der Waals surface area contributed by atoms with Gasteiger partial charge in [-0.2, -0.15) is 0 Å². The number of carboxylic acids is 1. The number of hydrogen-bond acceptors (Lipinski definition) is 4. The highest BCUT2D eigenvalue weighted by Gasteiger charge is 2.40. The zero-order valence-corrected chi connectivity index (χ0v) is 17.0. The molecule has 3 heterocycles. The molecular formula is C22H22N4O3S. The van der Waals surface area contributed by atoms with Crippen LogP contribution in [0.1, 0.15) is 40.3 Å². The molecule has 0 aliphatic carbocycles. The first-order valence-corrected chi connectivity index (χ1v) is 10.1. The number of nitrogens with one attached hydrogen (secondary N) is 1. The second kappa shape index (κ2) is 8.64. The summed E-state index contributed by atoms with van der Waals surface area (Å²) in [4.78, 5) is 17.8. The smallest absolute Gasteiger partial charge is 0.335 e. The number of carboxylic acid groups (broad SMARTS) is 1. The van der Waals surface area contributed by atoms with Gasteiger partial charge in [-0.25, -0.2) is 4.79 Å². The molecule has 30 heavy (non-hydrogen) atoms. The average molecular weight is 423 g/mol. The highest BCUT2D eigenvalue weighted by Crippen LogP contribution is 2.39. The first kappa shape index (κ1) is 20.1. The molecule has 3 aromatic rings. The van der Waals surface area contributed by atoms with Crippen LogP contribution in [0.15, 0.2) is 67.0 Å². The predicted molar refractivity (Wildman–Crippen MR) is 117 cm³/mol. The van der Waals surface area contributed by atoms with Crippen LogP contribution in [0.4, 0.5) is 0 Å². The molecule has 1 fully saturated rings. The Morgan fingerprint density at radius 3 is 2.60 bits per heavy atom. The number of thiocarbonyl (C=S) groups is 1. The van der Waals surface area contributed by atoms with E-state index in [4.69, 9.17) is 12.2 Å². The maximum absolute atomic E-state index is 11.2. The number of hydrogen-bond donors (Lipinski definition) is 3. The summed E-state index contributed by atoms with van der Waals surface area (Å²) in [6.07, 6.45) is 4.31. The number of aromatic carboxylic acids is 1. The summed E-state index contributed by atoms with van der Waals surface area (Å²) in [7, 11) is 0. The fourth-order valence-corrected chi connectivity index (χ4v) is 4.18. The summed E-state index contributed by atoms with van der Waals surface area (Å²) in [6.45, 7) is 0.692. The molecule has 0 amide bonds. The molecule has 2 unspecified atom stereocenters. The van der Waals surface area contributed by atoms with Gasteiger partial charge in [0.1, 0.15) is 0 Å². The normalized spacial score (nSPS) is 18.4. The Bertz CT molecular complexity index is 1040. The lowest BCUT2D eigenvalue weighted by atomic mass is 10.0. The van der Waals surface area contributed by atoms with Crippen molar-refractivity contribution in [1.29, 1.82) is 0 Å². The van der Waals surface area contributed by atoms with Gasteiger partial charge in [-0.1, -0.05) is 6.07 Å². The van der Waals surface area contributed by atoms with E-state index in [-0.39, 0.29) is 24.3 Å². The third-order valence-electron chi connectivity index (χ3n) is 5.23. The minimum Gasteiger partial charge on any atom is -0.478 e. The van der Waals surface area contributed by atoms with Gasteiger partial charge in [0.25, 0.3) is 0 Å². The van der Waals surface area contributed by atoms with E-state index < -0.39 is 5.97 Å². The van der Waals surface area contributed by atoms with E-state index >= 15 is 0 Å². The van der Waals surface area contributed by atoms with Crippen molar-refractivity contribution in [3.8, 4) is 5.69 Å². The van der Waals surface area contributed by atoms with Crippen molar-refractivity contribution in [1.82, 2.24) is 19.8 Å². The molecule has 0 radical (unpaired) electrons. The molecule has 2 atom stereocenters. The molecule has 8 heteroatoms. The van der Waals surface area contributed by atoms with Crippen LogP contribution in [0.5, 0.6) is 0 Å². The molecular weight excluding hydrogens is 400 g/mol. The van der Waals surface area contributed by atoms with Gasteiger partial charge in [0.2, 0.25) is 0 Å². The van der Waals surface area contributed by atoms with Crippen LogP contribution in [0, 0.1) is 0 Å². The van der Waals surface area contributed by atoms with Gasteiger partial charge in [0, 0.05) is 36.9 Å². The standard InChI is InChI=1S/C22H22N4O3S/c27-14-4-13-26-20(19(24-22(26)30)17-5-1-2-11-23-17)18-6-3-12-25(18)16-9-7-15(8-10-16)21(28)29/h1-3,5-12,19-20,27H,4,13-14H2,(H,24,30)(H,28,29). The number of aliphatic hydroxyl groups excluding tert-OH is 1. The number of aliphatic hydroxyl groups is 1. The minimum atomic E-state index is -0.954. The molecule has 7 nitrogen and oxygen atoms in total. The fourth-order valence-electron chi connectivity index (χ4n) is 3.84. The van der Waals surface area contributed by atoms with Crippen molar-refractivity contribution in [2.45, 2.75) is 18.5 Å². The molecule has 3 N–H and O–H groups in total. The molecule has 0 bridgehead atoms. The van der Waals surface area contributed by atoms with Crippen LogP contribution >= 0.6 is 12.2 Å². The van der Waals surface area contributed by atoms with Gasteiger partial charge in [-0.3, -0.25) is 4.98 Å². The molecule has 1 aromatic carbocycles. The fraction of sp³-hybridized carbons (Fsp3) is 0.227. The highest BCUT2D eigenvalue weighted by atomic mass is 32.1. The molecule has 0 spiro atoms. The minimum absolute atomic E-state index is 0.0811. The van der Waals surface area contributed by atoms with Gasteiger partial charge in [-0.15, -0.1) is 0 Å². The number of carbonyl (C=O) groups is 1. The second-order valence-electron chi connectivity index (χ2n) is 7.05. The third kappa shape index (κ3) is 3.79. The van der Waals surface area contributed by atoms with Crippen LogP contribution in [0.25, 0.3) is 5.69 Å². The quantitative estimate of drug-likeness (QED) is 0.504. The van der Waals surface area contributed by atoms with Gasteiger partial charge in [-0.05, 0) is 67.2 Å². The van der Waals surface area contributed by atoms with E-state index in [2.05, 4.69) is 15.2 Å². The third-order valence-corrected chi connectivity index (χ3v) is 5.58. The van der Waals surface area contributed by atoms with E-state index in [1.165, 1.54) is 0 Å². The molecule has 1 aliphatic heterocycles. The van der Waals surface area contributed by atoms with Crippen LogP contribution in [0.2, 0.25) is 0 Å². The molecule has 2 aromatic heterocycles. The number of benzene rings is 1. The van der Waals surface area contributed by atoms with E-state index in [0.717, 1.165) is 17.1 Å². The maximum Gasteiger partial charge on any atom is 0.335 e. The summed E-state index contributed by atoms with van der Waals surface area (Å²) < 4.78 is 2.04. The zero-order chi connectivity index (χ0) is 21.1. The van der Waals surface area contributed by atoms with Crippen molar-refractivity contribution < 1.29 is 15.0 Å². The van der Waals surface area contributed by atoms with Crippen molar-refractivity contribution in [2.75, 3.05) is 13.2 Å². The van der Waals surface area contributed by atoms with Gasteiger partial charge < -0.3 is 25.0 Å². The zero-order valence-electron chi connectivity index (χ0n) is 16.2. The summed E-state index contributed by atoms with van der Waals surface area (Å²) in [6, 6.07) is 16.3. The second-order valence-corrected chi connectivity index (χ2v) is 7.44. The molecule has 1 aliphatic rings. The predicted octanol–water partition coefficient (Wildman–Crippen LogP) is 2.93. The van der Waals surface area contributed by atoms with Gasteiger partial charge >= 0.3 is 5.97 Å². The lowest BCUT2D eigenvalue weighted by Gasteiger charge is -2.28. The number of nitrogens with zero attached hydrogens (tertiary/aromatic N) is 3. The van der Waals surface area contributed by atoms with Crippen molar-refractivity contribution in [3.63, 3.8) is 0 Å². The Morgan fingerprint density at radius 1 is 1.13 bits per heavy atom. The SMILES string of the molecule is O=C(O)c1ccc(-n2cccc2C2C(c3ccccn3)NC(=S)N2CCCO)cc1. The Morgan fingerprint density at radius 2 is 1.93 bits per heavy atom. The monoisotopic (exact) mass is 422 g/mol. The van der Waals surface area contributed by atoms with E-state index in [1.54, 1.807) is 30.5 Å². The van der Waals surface area contributed by atoms with Gasteiger partial charge in [0.15, 0.2) is 5.11 Å². The van der Waals surface area contributed by atoms with Crippen LogP contribution < -0.4 is 5.32 Å². The van der Waals surface area contributed by atoms with Crippen molar-refractivity contribution in [3.05, 3.63) is 83.9 Å². The first-order chi connectivity index (χ1) is 14.6. The van der Waals surface area contributed by atoms with Crippen molar-refractivity contribution in [2.24, 2.45) is 0 Å². The summed E-state index contributed by atoms with van der Waals surface area (Å²) in [5.41, 5.74) is 2.98. The molecule has 0 saturated carbocycles. The number of aromatic nitrogens is 2. The van der Waals surface area contributed by atoms with E-state index in [0.29, 0.717) is 18.1 Å². The van der Waals surface area contributed by atoms with Crippen LogP contribution in [-0.2, 0) is 0 Å². The molecule has 154 valence electrons. The Labute approximate surface area is 179 Å². The molecule has 4 rings (SSSR count). The number of rotatable bonds is 7. The Balaban J connectivity index is 1.76. The van der Waals surface area contributed by atoms with Crippen molar-refractivity contribution >= 4 is 23.3 Å². The maximum atomic E-state index is 11.2. The Kier molecular flexibility index (Phi) is 5.78. The summed E-state index contributed by atoms with van der Waals surface area (Å²) in [5.74, 6) is -0.954. The lowest BCUT2D eigenvalue weighted by Crippen LogP contribution is -2.31. The topological polar surface area (TPSA) is 90.6 Å². The number of pyridine rings is 1. The van der Waals surface area contributed by atoms with Gasteiger partial charge in [0.05, 0.1) is 23.3 Å². The van der Waals surface area contributed by atoms with E-state index in [9.17, 15) is 15.0 Å². The highest BCUT2D eigenvalue weighted by molar-refractivity contribution is 7.80. The van der Waals surface area contributed by atoms with Crippen LogP contribution in [-0.4, -0.2) is 48.9 Å². The lowest BCUT2D eigenvalue weighted by molar-refractivity contribution is 0.0697. The average Bonchev–Trinajstić information content (AvgIpc) is 3.37. The largest absolute Gasteiger partial charge is 0.478 e. The summed E-state index contributed by atoms with van der Waals surface area (Å²) >= 11 is 5.62. The first-order valence-electron chi connectivity index (χ1n) is 9.70. The molecule has 1 saturated heterocycles.